The number of nitrogens with zero attached hydrogens (tertiary/aromatic N) is 1. The highest BCUT2D eigenvalue weighted by Crippen LogP contribution is 2.34. The fourth-order valence-electron chi connectivity index (χ4n) is 3.47. The quantitative estimate of drug-likeness (QED) is 0.484. The van der Waals surface area contributed by atoms with Crippen LogP contribution >= 0.6 is 11.3 Å². The third kappa shape index (κ3) is 5.50. The average molecular weight is 455 g/mol. The van der Waals surface area contributed by atoms with E-state index in [1.807, 2.05) is 29.7 Å². The number of aldehydes is 1. The molecule has 1 aromatic heterocycles. The van der Waals surface area contributed by atoms with Crippen LogP contribution in [0, 0.1) is 0 Å². The molecule has 32 heavy (non-hydrogen) atoms. The molecule has 0 radical (unpaired) electrons. The second-order valence-corrected chi connectivity index (χ2v) is 9.47. The van der Waals surface area contributed by atoms with Crippen molar-refractivity contribution in [2.75, 3.05) is 0 Å². The van der Waals surface area contributed by atoms with Gasteiger partial charge in [-0.3, -0.25) is 19.2 Å². The summed E-state index contributed by atoms with van der Waals surface area (Å²) >= 11 is 1.32. The van der Waals surface area contributed by atoms with E-state index in [0.717, 1.165) is 23.0 Å². The van der Waals surface area contributed by atoms with Crippen LogP contribution in [-0.2, 0) is 20.9 Å². The zero-order valence-corrected chi connectivity index (χ0v) is 19.1. The van der Waals surface area contributed by atoms with Gasteiger partial charge in [-0.25, -0.2) is 0 Å². The first-order chi connectivity index (χ1) is 15.1. The van der Waals surface area contributed by atoms with E-state index in [-0.39, 0.29) is 25.3 Å². The van der Waals surface area contributed by atoms with Gasteiger partial charge in [0.25, 0.3) is 5.91 Å². The van der Waals surface area contributed by atoms with E-state index in [2.05, 4.69) is 0 Å². The summed E-state index contributed by atoms with van der Waals surface area (Å²) in [7, 11) is 0. The van der Waals surface area contributed by atoms with Gasteiger partial charge in [-0.1, -0.05) is 36.4 Å². The second kappa shape index (κ2) is 9.48. The van der Waals surface area contributed by atoms with E-state index >= 15 is 0 Å². The first-order valence-corrected chi connectivity index (χ1v) is 11.1. The topological polar surface area (TPSA) is 107 Å². The Morgan fingerprint density at radius 3 is 2.44 bits per heavy atom. The van der Waals surface area contributed by atoms with Crippen molar-refractivity contribution in [2.45, 2.75) is 51.8 Å². The van der Waals surface area contributed by atoms with Gasteiger partial charge in [0.1, 0.15) is 17.9 Å². The van der Waals surface area contributed by atoms with Crippen LogP contribution in [0.3, 0.4) is 0 Å². The molecule has 1 aromatic carbocycles. The summed E-state index contributed by atoms with van der Waals surface area (Å²) in [6.45, 7) is 5.56. The minimum absolute atomic E-state index is 0.00809. The lowest BCUT2D eigenvalue weighted by Crippen LogP contribution is -2.45. The smallest absolute Gasteiger partial charge is 0.306 e. The highest BCUT2D eigenvalue weighted by Gasteiger charge is 2.38. The molecule has 2 amide bonds. The Morgan fingerprint density at radius 1 is 1.19 bits per heavy atom. The summed E-state index contributed by atoms with van der Waals surface area (Å²) in [5, 5.41) is 1.90. The predicted molar refractivity (Wildman–Crippen MR) is 123 cm³/mol. The van der Waals surface area contributed by atoms with E-state index in [1.165, 1.54) is 16.2 Å². The van der Waals surface area contributed by atoms with Crippen molar-refractivity contribution < 1.29 is 23.9 Å². The Labute approximate surface area is 190 Å². The SMILES string of the molecule is CC(C)(C)OC(=O)CCC(C(N)=O)N1Cc2c(C=Cc3ccc(C=O)cc3)csc2C1=O. The molecule has 2 N–H and O–H groups in total. The van der Waals surface area contributed by atoms with Crippen molar-refractivity contribution in [3.63, 3.8) is 0 Å². The lowest BCUT2D eigenvalue weighted by molar-refractivity contribution is -0.155. The van der Waals surface area contributed by atoms with Crippen LogP contribution in [0.2, 0.25) is 0 Å². The molecule has 2 heterocycles. The molecule has 1 atom stereocenters. The number of amides is 2. The van der Waals surface area contributed by atoms with Gasteiger partial charge in [0.15, 0.2) is 0 Å². The maximum atomic E-state index is 12.9. The van der Waals surface area contributed by atoms with Gasteiger partial charge in [-0.15, -0.1) is 11.3 Å². The van der Waals surface area contributed by atoms with E-state index < -0.39 is 23.5 Å². The van der Waals surface area contributed by atoms with Crippen LogP contribution < -0.4 is 5.73 Å². The third-order valence-electron chi connectivity index (χ3n) is 4.98. The first-order valence-electron chi connectivity index (χ1n) is 10.2. The number of nitrogens with two attached hydrogens (primary N) is 1. The summed E-state index contributed by atoms with van der Waals surface area (Å²) in [5.41, 5.74) is 8.19. The minimum Gasteiger partial charge on any atom is -0.460 e. The molecule has 0 saturated carbocycles. The molecule has 0 spiro atoms. The number of primary amides is 1. The largest absolute Gasteiger partial charge is 0.460 e. The Balaban J connectivity index is 1.72. The Bertz CT molecular complexity index is 1060. The van der Waals surface area contributed by atoms with Crippen molar-refractivity contribution in [2.24, 2.45) is 5.73 Å². The number of hydrogen-bond donors (Lipinski definition) is 1. The molecule has 2 aromatic rings. The number of fused-ring (bicyclic) bond motifs is 1. The molecule has 8 heteroatoms. The lowest BCUT2D eigenvalue weighted by Gasteiger charge is -2.26. The van der Waals surface area contributed by atoms with Crippen molar-refractivity contribution in [1.82, 2.24) is 4.90 Å². The molecule has 168 valence electrons. The maximum Gasteiger partial charge on any atom is 0.306 e. The van der Waals surface area contributed by atoms with Crippen LogP contribution in [0.4, 0.5) is 0 Å². The molecular formula is C24H26N2O5S. The van der Waals surface area contributed by atoms with E-state index in [9.17, 15) is 19.2 Å². The number of carbonyl (C=O) groups is 4. The van der Waals surface area contributed by atoms with E-state index in [4.69, 9.17) is 10.5 Å². The summed E-state index contributed by atoms with van der Waals surface area (Å²) in [4.78, 5) is 49.9. The molecule has 0 saturated heterocycles. The van der Waals surface area contributed by atoms with Crippen molar-refractivity contribution >= 4 is 47.6 Å². The van der Waals surface area contributed by atoms with Gasteiger partial charge in [-0.05, 0) is 43.7 Å². The highest BCUT2D eigenvalue weighted by molar-refractivity contribution is 7.12. The third-order valence-corrected chi connectivity index (χ3v) is 6.01. The van der Waals surface area contributed by atoms with Crippen molar-refractivity contribution in [3.8, 4) is 0 Å². The summed E-state index contributed by atoms with van der Waals surface area (Å²) in [6.07, 6.45) is 4.70. The van der Waals surface area contributed by atoms with Gasteiger partial charge in [-0.2, -0.15) is 0 Å². The predicted octanol–water partition coefficient (Wildman–Crippen LogP) is 3.66. The second-order valence-electron chi connectivity index (χ2n) is 8.59. The van der Waals surface area contributed by atoms with Crippen LogP contribution in [-0.4, -0.2) is 40.6 Å². The molecule has 7 nitrogen and oxygen atoms in total. The average Bonchev–Trinajstić information content (AvgIpc) is 3.26. The zero-order valence-electron chi connectivity index (χ0n) is 18.3. The van der Waals surface area contributed by atoms with E-state index in [1.54, 1.807) is 32.9 Å². The van der Waals surface area contributed by atoms with Crippen LogP contribution in [0.25, 0.3) is 12.2 Å². The fraction of sp³-hybridized carbons (Fsp3) is 0.333. The number of ether oxygens (including phenoxy) is 1. The Morgan fingerprint density at radius 2 is 1.84 bits per heavy atom. The Hall–Kier alpha value is -3.26. The number of hydrogen-bond acceptors (Lipinski definition) is 6. The number of thiophene rings is 1. The minimum atomic E-state index is -0.887. The number of esters is 1. The summed E-state index contributed by atoms with van der Waals surface area (Å²) in [6, 6.07) is 6.26. The number of carbonyl (C=O) groups excluding carboxylic acids is 4. The van der Waals surface area contributed by atoms with Gasteiger partial charge in [0.05, 0.1) is 4.88 Å². The first kappa shape index (κ1) is 23.4. The zero-order chi connectivity index (χ0) is 23.5. The molecular weight excluding hydrogens is 428 g/mol. The lowest BCUT2D eigenvalue weighted by atomic mass is 10.1. The monoisotopic (exact) mass is 454 g/mol. The number of benzene rings is 1. The van der Waals surface area contributed by atoms with E-state index in [0.29, 0.717) is 10.4 Å². The molecule has 3 rings (SSSR count). The van der Waals surface area contributed by atoms with Gasteiger partial charge < -0.3 is 15.4 Å². The summed E-state index contributed by atoms with van der Waals surface area (Å²) in [5.74, 6) is -1.34. The molecule has 1 unspecified atom stereocenters. The van der Waals surface area contributed by atoms with Crippen LogP contribution in [0.5, 0.6) is 0 Å². The Kier molecular flexibility index (Phi) is 6.93. The molecule has 0 fully saturated rings. The van der Waals surface area contributed by atoms with Gasteiger partial charge in [0.2, 0.25) is 5.91 Å². The summed E-state index contributed by atoms with van der Waals surface area (Å²) < 4.78 is 5.29. The standard InChI is InChI=1S/C24H26N2O5S/c1-24(2,3)31-20(28)11-10-19(22(25)29)26-12-18-17(14-32-21(18)23(26)30)9-8-15-4-6-16(13-27)7-5-15/h4-9,13-14,19H,10-12H2,1-3H3,(H2,25,29). The maximum absolute atomic E-state index is 12.9. The number of rotatable bonds is 8. The highest BCUT2D eigenvalue weighted by atomic mass is 32.1. The fourth-order valence-corrected chi connectivity index (χ4v) is 4.48. The van der Waals surface area contributed by atoms with Gasteiger partial charge in [0, 0.05) is 24.1 Å². The van der Waals surface area contributed by atoms with Crippen LogP contribution in [0.15, 0.2) is 29.6 Å². The van der Waals surface area contributed by atoms with Crippen molar-refractivity contribution in [1.29, 1.82) is 0 Å². The molecule has 0 aliphatic carbocycles. The molecule has 0 bridgehead atoms. The van der Waals surface area contributed by atoms with Crippen LogP contribution in [0.1, 0.15) is 70.3 Å². The normalized spacial score (nSPS) is 14.5. The molecule has 1 aliphatic heterocycles. The molecule has 1 aliphatic rings. The van der Waals surface area contributed by atoms with Gasteiger partial charge >= 0.3 is 5.97 Å². The van der Waals surface area contributed by atoms with Crippen molar-refractivity contribution in [3.05, 3.63) is 56.8 Å².